The molecule has 0 unspecified atom stereocenters. The molecule has 0 bridgehead atoms. The Labute approximate surface area is 172 Å². The van der Waals surface area contributed by atoms with E-state index in [0.717, 1.165) is 18.4 Å². The predicted molar refractivity (Wildman–Crippen MR) is 111 cm³/mol. The summed E-state index contributed by atoms with van der Waals surface area (Å²) in [6.45, 7) is 0.209. The molecule has 144 valence electrons. The van der Waals surface area contributed by atoms with Crippen molar-refractivity contribution in [3.63, 3.8) is 0 Å². The van der Waals surface area contributed by atoms with Gasteiger partial charge in [0.1, 0.15) is 5.01 Å². The van der Waals surface area contributed by atoms with Gasteiger partial charge in [0.15, 0.2) is 12.3 Å². The van der Waals surface area contributed by atoms with Crippen LogP contribution in [0.3, 0.4) is 0 Å². The first kappa shape index (κ1) is 20.0. The predicted octanol–water partition coefficient (Wildman–Crippen LogP) is 4.37. The molecule has 7 heteroatoms. The van der Waals surface area contributed by atoms with E-state index >= 15 is 0 Å². The molecular weight excluding hydrogens is 396 g/mol. The number of benzene rings is 2. The van der Waals surface area contributed by atoms with Crippen molar-refractivity contribution in [2.75, 3.05) is 13.2 Å². The summed E-state index contributed by atoms with van der Waals surface area (Å²) in [6.07, 6.45) is 1.70. The van der Waals surface area contributed by atoms with E-state index in [1.54, 1.807) is 17.5 Å². The molecule has 0 radical (unpaired) electrons. The number of amides is 1. The number of hydrogen-bond donors (Lipinski definition) is 1. The average molecular weight is 415 g/mol. The van der Waals surface area contributed by atoms with Crippen LogP contribution in [0.25, 0.3) is 10.6 Å². The maximum absolute atomic E-state index is 12.1. The zero-order valence-corrected chi connectivity index (χ0v) is 16.6. The van der Waals surface area contributed by atoms with Gasteiger partial charge < -0.3 is 10.1 Å². The van der Waals surface area contributed by atoms with Crippen LogP contribution in [-0.4, -0.2) is 30.0 Å². The van der Waals surface area contributed by atoms with E-state index in [1.807, 2.05) is 30.3 Å². The Morgan fingerprint density at radius 2 is 1.82 bits per heavy atom. The maximum atomic E-state index is 12.1. The lowest BCUT2D eigenvalue weighted by Gasteiger charge is -2.06. The molecule has 1 aromatic heterocycles. The Morgan fingerprint density at radius 1 is 1.07 bits per heavy atom. The standard InChI is InChI=1S/C21H19ClN2O3S/c22-17-10-8-16(9-11-17)20-24-18(14-28-20)21(26)27-13-19(25)23-12-4-7-15-5-2-1-3-6-15/h1-3,5-6,8-11,14H,4,7,12-13H2,(H,23,25). The monoisotopic (exact) mass is 414 g/mol. The summed E-state index contributed by atoms with van der Waals surface area (Å²) in [5.74, 6) is -0.939. The van der Waals surface area contributed by atoms with Crippen LogP contribution in [0.4, 0.5) is 0 Å². The highest BCUT2D eigenvalue weighted by atomic mass is 35.5. The van der Waals surface area contributed by atoms with Gasteiger partial charge in [-0.1, -0.05) is 54.1 Å². The SMILES string of the molecule is O=C(COC(=O)c1csc(-c2ccc(Cl)cc2)n1)NCCCc1ccccc1. The number of thiazole rings is 1. The Kier molecular flexibility index (Phi) is 7.17. The summed E-state index contributed by atoms with van der Waals surface area (Å²) in [5.41, 5.74) is 2.28. The summed E-state index contributed by atoms with van der Waals surface area (Å²) >= 11 is 7.20. The molecule has 1 N–H and O–H groups in total. The van der Waals surface area contributed by atoms with E-state index in [0.29, 0.717) is 16.6 Å². The summed E-state index contributed by atoms with van der Waals surface area (Å²) in [5, 5.41) is 5.69. The number of carbonyl (C=O) groups excluding carboxylic acids is 2. The number of hydrogen-bond acceptors (Lipinski definition) is 5. The van der Waals surface area contributed by atoms with Crippen molar-refractivity contribution in [1.29, 1.82) is 0 Å². The van der Waals surface area contributed by atoms with Crippen molar-refractivity contribution in [2.45, 2.75) is 12.8 Å². The van der Waals surface area contributed by atoms with Gasteiger partial charge in [0.25, 0.3) is 5.91 Å². The number of aromatic nitrogens is 1. The van der Waals surface area contributed by atoms with Crippen molar-refractivity contribution < 1.29 is 14.3 Å². The third-order valence-electron chi connectivity index (χ3n) is 3.95. The number of ether oxygens (including phenoxy) is 1. The number of nitrogens with one attached hydrogen (secondary N) is 1. The number of halogens is 1. The van der Waals surface area contributed by atoms with Gasteiger partial charge in [-0.05, 0) is 30.5 Å². The van der Waals surface area contributed by atoms with Gasteiger partial charge in [-0.15, -0.1) is 11.3 Å². The molecule has 1 amide bonds. The molecule has 5 nitrogen and oxygen atoms in total. The van der Waals surface area contributed by atoms with Crippen LogP contribution in [0.2, 0.25) is 5.02 Å². The molecule has 3 aromatic rings. The molecule has 0 atom stereocenters. The van der Waals surface area contributed by atoms with Crippen molar-refractivity contribution in [3.05, 3.63) is 76.3 Å². The molecule has 0 spiro atoms. The van der Waals surface area contributed by atoms with Crippen LogP contribution < -0.4 is 5.32 Å². The van der Waals surface area contributed by atoms with E-state index < -0.39 is 5.97 Å². The second kappa shape index (κ2) is 10.0. The lowest BCUT2D eigenvalue weighted by molar-refractivity contribution is -0.124. The van der Waals surface area contributed by atoms with E-state index in [2.05, 4.69) is 22.4 Å². The summed E-state index contributed by atoms with van der Waals surface area (Å²) in [4.78, 5) is 28.2. The molecule has 0 fully saturated rings. The van der Waals surface area contributed by atoms with E-state index in [9.17, 15) is 9.59 Å². The number of aryl methyl sites for hydroxylation is 1. The van der Waals surface area contributed by atoms with Gasteiger partial charge in [-0.2, -0.15) is 0 Å². The fraction of sp³-hybridized carbons (Fsp3) is 0.190. The van der Waals surface area contributed by atoms with Crippen LogP contribution in [0, 0.1) is 0 Å². The van der Waals surface area contributed by atoms with Crippen LogP contribution >= 0.6 is 22.9 Å². The second-order valence-electron chi connectivity index (χ2n) is 6.06. The zero-order chi connectivity index (χ0) is 19.8. The molecule has 0 saturated heterocycles. The summed E-state index contributed by atoms with van der Waals surface area (Å²) < 4.78 is 5.05. The minimum atomic E-state index is -0.615. The minimum Gasteiger partial charge on any atom is -0.451 e. The van der Waals surface area contributed by atoms with Crippen molar-refractivity contribution in [2.24, 2.45) is 0 Å². The first-order valence-corrected chi connectivity index (χ1v) is 10.1. The number of rotatable bonds is 8. The summed E-state index contributed by atoms with van der Waals surface area (Å²) in [7, 11) is 0. The molecular formula is C21H19ClN2O3S. The zero-order valence-electron chi connectivity index (χ0n) is 15.1. The largest absolute Gasteiger partial charge is 0.451 e. The normalized spacial score (nSPS) is 10.5. The minimum absolute atomic E-state index is 0.187. The highest BCUT2D eigenvalue weighted by Crippen LogP contribution is 2.25. The third kappa shape index (κ3) is 5.90. The molecule has 1 heterocycles. The van der Waals surface area contributed by atoms with Gasteiger partial charge in [-0.25, -0.2) is 9.78 Å². The van der Waals surface area contributed by atoms with E-state index in [-0.39, 0.29) is 18.2 Å². The van der Waals surface area contributed by atoms with Gasteiger partial charge in [-0.3, -0.25) is 4.79 Å². The number of carbonyl (C=O) groups is 2. The Hall–Kier alpha value is -2.70. The van der Waals surface area contributed by atoms with Crippen molar-refractivity contribution in [1.82, 2.24) is 10.3 Å². The summed E-state index contributed by atoms with van der Waals surface area (Å²) in [6, 6.07) is 17.2. The molecule has 0 aliphatic carbocycles. The molecule has 28 heavy (non-hydrogen) atoms. The number of esters is 1. The Morgan fingerprint density at radius 3 is 2.57 bits per heavy atom. The van der Waals surface area contributed by atoms with Crippen molar-refractivity contribution >= 4 is 34.8 Å². The fourth-order valence-corrected chi connectivity index (χ4v) is 3.44. The van der Waals surface area contributed by atoms with Gasteiger partial charge >= 0.3 is 5.97 Å². The Balaban J connectivity index is 1.40. The topological polar surface area (TPSA) is 68.3 Å². The van der Waals surface area contributed by atoms with Crippen LogP contribution in [0.5, 0.6) is 0 Å². The first-order valence-electron chi connectivity index (χ1n) is 8.81. The van der Waals surface area contributed by atoms with E-state index in [1.165, 1.54) is 16.9 Å². The molecule has 0 aliphatic rings. The fourth-order valence-electron chi connectivity index (χ4n) is 2.51. The molecule has 0 aliphatic heterocycles. The van der Waals surface area contributed by atoms with Crippen LogP contribution in [0.1, 0.15) is 22.5 Å². The van der Waals surface area contributed by atoms with E-state index in [4.69, 9.17) is 16.3 Å². The van der Waals surface area contributed by atoms with Gasteiger partial charge in [0.05, 0.1) is 0 Å². The highest BCUT2D eigenvalue weighted by Gasteiger charge is 2.14. The lowest BCUT2D eigenvalue weighted by Crippen LogP contribution is -2.29. The van der Waals surface area contributed by atoms with Crippen molar-refractivity contribution in [3.8, 4) is 10.6 Å². The third-order valence-corrected chi connectivity index (χ3v) is 5.09. The lowest BCUT2D eigenvalue weighted by atomic mass is 10.1. The molecule has 0 saturated carbocycles. The smallest absolute Gasteiger partial charge is 0.358 e. The molecule has 3 rings (SSSR count). The average Bonchev–Trinajstić information content (AvgIpc) is 3.21. The quantitative estimate of drug-likeness (QED) is 0.439. The first-order chi connectivity index (χ1) is 13.6. The number of nitrogens with zero attached hydrogens (tertiary/aromatic N) is 1. The van der Waals surface area contributed by atoms with Crippen LogP contribution in [0.15, 0.2) is 60.0 Å². The Bertz CT molecular complexity index is 926. The highest BCUT2D eigenvalue weighted by molar-refractivity contribution is 7.13. The second-order valence-corrected chi connectivity index (χ2v) is 7.35. The van der Waals surface area contributed by atoms with Crippen LogP contribution in [-0.2, 0) is 16.0 Å². The van der Waals surface area contributed by atoms with Gasteiger partial charge in [0, 0.05) is 22.5 Å². The molecule has 2 aromatic carbocycles. The van der Waals surface area contributed by atoms with Gasteiger partial charge in [0.2, 0.25) is 0 Å². The maximum Gasteiger partial charge on any atom is 0.358 e.